The van der Waals surface area contributed by atoms with E-state index in [4.69, 9.17) is 9.84 Å². The van der Waals surface area contributed by atoms with Gasteiger partial charge in [0.1, 0.15) is 0 Å². The molecule has 3 aliphatic rings. The molecule has 0 bridgehead atoms. The normalized spacial score (nSPS) is 26.3. The molecule has 27 heavy (non-hydrogen) atoms. The van der Waals surface area contributed by atoms with Crippen molar-refractivity contribution in [2.24, 2.45) is 11.3 Å². The van der Waals surface area contributed by atoms with Crippen LogP contribution in [0.3, 0.4) is 0 Å². The van der Waals surface area contributed by atoms with E-state index in [2.05, 4.69) is 5.32 Å². The highest BCUT2D eigenvalue weighted by molar-refractivity contribution is 5.86. The second-order valence-corrected chi connectivity index (χ2v) is 7.91. The molecule has 9 heteroatoms. The standard InChI is InChI=1S/C18H28FN3O5/c19-11-18(3-7-27-8-4-18)12-20-17(26)21-5-1-14(2-6-21)22-10-13(16(24)25)9-15(22)23/h13-14H,1-12H2,(H,20,26)(H,24,25). The molecule has 0 spiro atoms. The highest BCUT2D eigenvalue weighted by atomic mass is 19.1. The molecule has 3 amide bonds. The molecule has 1 unspecified atom stereocenters. The van der Waals surface area contributed by atoms with Crippen molar-refractivity contribution in [3.05, 3.63) is 0 Å². The molecule has 0 aromatic carbocycles. The summed E-state index contributed by atoms with van der Waals surface area (Å²) < 4.78 is 18.8. The Balaban J connectivity index is 1.45. The number of urea groups is 1. The molecule has 3 aliphatic heterocycles. The van der Waals surface area contributed by atoms with Gasteiger partial charge in [0.2, 0.25) is 5.91 Å². The largest absolute Gasteiger partial charge is 0.481 e. The van der Waals surface area contributed by atoms with Crippen LogP contribution in [0.4, 0.5) is 9.18 Å². The van der Waals surface area contributed by atoms with Gasteiger partial charge in [0, 0.05) is 57.3 Å². The van der Waals surface area contributed by atoms with Crippen molar-refractivity contribution in [2.75, 3.05) is 46.1 Å². The number of aliphatic carboxylic acids is 1. The van der Waals surface area contributed by atoms with Crippen LogP contribution in [0.5, 0.6) is 0 Å². The summed E-state index contributed by atoms with van der Waals surface area (Å²) in [7, 11) is 0. The zero-order valence-corrected chi connectivity index (χ0v) is 15.5. The monoisotopic (exact) mass is 385 g/mol. The minimum Gasteiger partial charge on any atom is -0.481 e. The maximum atomic E-state index is 13.5. The fraction of sp³-hybridized carbons (Fsp3) is 0.833. The van der Waals surface area contributed by atoms with Crippen LogP contribution in [0.1, 0.15) is 32.1 Å². The van der Waals surface area contributed by atoms with Gasteiger partial charge in [0.15, 0.2) is 0 Å². The van der Waals surface area contributed by atoms with Crippen molar-refractivity contribution in [2.45, 2.75) is 38.1 Å². The molecule has 0 aromatic heterocycles. The molecule has 2 N–H and O–H groups in total. The van der Waals surface area contributed by atoms with Crippen LogP contribution in [0.2, 0.25) is 0 Å². The average molecular weight is 385 g/mol. The Labute approximate surface area is 158 Å². The van der Waals surface area contributed by atoms with Crippen LogP contribution in [-0.4, -0.2) is 84.9 Å². The maximum Gasteiger partial charge on any atom is 0.317 e. The Morgan fingerprint density at radius 1 is 1.26 bits per heavy atom. The summed E-state index contributed by atoms with van der Waals surface area (Å²) in [6, 6.07) is -0.220. The minimum atomic E-state index is -0.933. The van der Waals surface area contributed by atoms with Crippen molar-refractivity contribution in [1.82, 2.24) is 15.1 Å². The summed E-state index contributed by atoms with van der Waals surface area (Å²) in [6.07, 6.45) is 2.54. The zero-order valence-electron chi connectivity index (χ0n) is 15.5. The fourth-order valence-corrected chi connectivity index (χ4v) is 4.17. The molecular formula is C18H28FN3O5. The third-order valence-corrected chi connectivity index (χ3v) is 6.15. The molecule has 152 valence electrons. The van der Waals surface area contributed by atoms with Gasteiger partial charge in [0.25, 0.3) is 0 Å². The van der Waals surface area contributed by atoms with E-state index in [1.807, 2.05) is 0 Å². The number of hydrogen-bond acceptors (Lipinski definition) is 4. The first-order valence-corrected chi connectivity index (χ1v) is 9.63. The smallest absolute Gasteiger partial charge is 0.317 e. The number of likely N-dealkylation sites (tertiary alicyclic amines) is 2. The Morgan fingerprint density at radius 3 is 2.48 bits per heavy atom. The summed E-state index contributed by atoms with van der Waals surface area (Å²) in [5, 5.41) is 12.0. The van der Waals surface area contributed by atoms with Crippen molar-refractivity contribution in [3.63, 3.8) is 0 Å². The molecule has 0 aliphatic carbocycles. The van der Waals surface area contributed by atoms with Crippen molar-refractivity contribution < 1.29 is 28.6 Å². The van der Waals surface area contributed by atoms with Gasteiger partial charge in [-0.15, -0.1) is 0 Å². The number of nitrogens with one attached hydrogen (secondary N) is 1. The number of carbonyl (C=O) groups excluding carboxylic acids is 2. The summed E-state index contributed by atoms with van der Waals surface area (Å²) in [6.45, 7) is 2.13. The van der Waals surface area contributed by atoms with Gasteiger partial charge in [0.05, 0.1) is 12.6 Å². The van der Waals surface area contributed by atoms with Crippen molar-refractivity contribution >= 4 is 17.9 Å². The Kier molecular flexibility index (Phi) is 6.18. The lowest BCUT2D eigenvalue weighted by Crippen LogP contribution is -2.52. The molecule has 0 radical (unpaired) electrons. The molecular weight excluding hydrogens is 357 g/mol. The van der Waals surface area contributed by atoms with Crippen LogP contribution >= 0.6 is 0 Å². The van der Waals surface area contributed by atoms with Crippen molar-refractivity contribution in [3.8, 4) is 0 Å². The van der Waals surface area contributed by atoms with E-state index in [9.17, 15) is 18.8 Å². The van der Waals surface area contributed by atoms with E-state index < -0.39 is 24.0 Å². The molecule has 8 nitrogen and oxygen atoms in total. The van der Waals surface area contributed by atoms with Crippen molar-refractivity contribution in [1.29, 1.82) is 0 Å². The Morgan fingerprint density at radius 2 is 1.93 bits per heavy atom. The van der Waals surface area contributed by atoms with Crippen LogP contribution in [-0.2, 0) is 14.3 Å². The molecule has 3 rings (SSSR count). The lowest BCUT2D eigenvalue weighted by Gasteiger charge is -2.38. The molecule has 1 atom stereocenters. The third-order valence-electron chi connectivity index (χ3n) is 6.15. The topological polar surface area (TPSA) is 99.2 Å². The zero-order chi connectivity index (χ0) is 19.4. The summed E-state index contributed by atoms with van der Waals surface area (Å²) >= 11 is 0. The fourth-order valence-electron chi connectivity index (χ4n) is 4.17. The SMILES string of the molecule is O=C(O)C1CC(=O)N(C2CCN(C(=O)NCC3(CF)CCOCC3)CC2)C1. The number of carboxylic acid groups (broad SMARTS) is 1. The van der Waals surface area contributed by atoms with Gasteiger partial charge in [-0.25, -0.2) is 4.79 Å². The lowest BCUT2D eigenvalue weighted by molar-refractivity contribution is -0.141. The predicted octanol–water partition coefficient (Wildman–Crippen LogP) is 0.860. The lowest BCUT2D eigenvalue weighted by atomic mass is 9.81. The number of alkyl halides is 1. The van der Waals surface area contributed by atoms with Gasteiger partial charge in [-0.1, -0.05) is 0 Å². The summed E-state index contributed by atoms with van der Waals surface area (Å²) in [4.78, 5) is 39.0. The number of hydrogen-bond donors (Lipinski definition) is 2. The van der Waals surface area contributed by atoms with E-state index in [0.717, 1.165) is 0 Å². The first-order valence-electron chi connectivity index (χ1n) is 9.63. The molecule has 0 saturated carbocycles. The number of rotatable bonds is 5. The van der Waals surface area contributed by atoms with E-state index in [1.54, 1.807) is 9.80 Å². The van der Waals surface area contributed by atoms with Gasteiger partial charge < -0.3 is 25.0 Å². The highest BCUT2D eigenvalue weighted by Gasteiger charge is 2.39. The quantitative estimate of drug-likeness (QED) is 0.731. The first-order chi connectivity index (χ1) is 12.9. The number of piperidine rings is 1. The molecule has 3 fully saturated rings. The van der Waals surface area contributed by atoms with E-state index in [-0.39, 0.29) is 30.9 Å². The molecule has 3 saturated heterocycles. The summed E-state index contributed by atoms with van der Waals surface area (Å²) in [5.74, 6) is -1.68. The van der Waals surface area contributed by atoms with Crippen LogP contribution in [0.25, 0.3) is 0 Å². The highest BCUT2D eigenvalue weighted by Crippen LogP contribution is 2.30. The van der Waals surface area contributed by atoms with Gasteiger partial charge >= 0.3 is 12.0 Å². The van der Waals surface area contributed by atoms with Crippen LogP contribution in [0, 0.1) is 11.3 Å². The number of carboxylic acids is 1. The maximum absolute atomic E-state index is 13.5. The Bertz CT molecular complexity index is 573. The van der Waals surface area contributed by atoms with E-state index >= 15 is 0 Å². The van der Waals surface area contributed by atoms with E-state index in [1.165, 1.54) is 0 Å². The molecule has 0 aromatic rings. The van der Waals surface area contributed by atoms with Gasteiger partial charge in [-0.05, 0) is 25.7 Å². The second kappa shape index (κ2) is 8.41. The van der Waals surface area contributed by atoms with E-state index in [0.29, 0.717) is 58.5 Å². The number of halogens is 1. The minimum absolute atomic E-state index is 0.0152. The summed E-state index contributed by atoms with van der Waals surface area (Å²) in [5.41, 5.74) is -0.528. The number of ether oxygens (including phenoxy) is 1. The van der Waals surface area contributed by atoms with Crippen LogP contribution in [0.15, 0.2) is 0 Å². The molecule has 3 heterocycles. The van der Waals surface area contributed by atoms with Gasteiger partial charge in [-0.3, -0.25) is 14.0 Å². The third kappa shape index (κ3) is 4.51. The second-order valence-electron chi connectivity index (χ2n) is 7.91. The number of amides is 3. The average Bonchev–Trinajstić information content (AvgIpc) is 3.09. The number of carbonyl (C=O) groups is 3. The Hall–Kier alpha value is -1.90. The van der Waals surface area contributed by atoms with Crippen LogP contribution < -0.4 is 5.32 Å². The predicted molar refractivity (Wildman–Crippen MR) is 93.9 cm³/mol. The first kappa shape index (κ1) is 19.9. The number of nitrogens with zero attached hydrogens (tertiary/aromatic N) is 2. The van der Waals surface area contributed by atoms with Gasteiger partial charge in [-0.2, -0.15) is 0 Å².